The zero-order valence-corrected chi connectivity index (χ0v) is 29.8. The van der Waals surface area contributed by atoms with Crippen molar-refractivity contribution in [3.05, 3.63) is 120 Å². The van der Waals surface area contributed by atoms with Gasteiger partial charge < -0.3 is 20.8 Å². The first-order valence-electron chi connectivity index (χ1n) is 14.9. The molecule has 7 N–H and O–H groups in total. The number of sulfonamides is 2. The van der Waals surface area contributed by atoms with Crippen LogP contribution < -0.4 is 20.1 Å². The maximum atomic E-state index is 13.1. The van der Waals surface area contributed by atoms with Crippen molar-refractivity contribution in [1.29, 1.82) is 0 Å². The monoisotopic (exact) mass is 796 g/mol. The molecule has 0 bridgehead atoms. The molecule has 0 atom stereocenters. The highest BCUT2D eigenvalue weighted by Crippen LogP contribution is 2.32. The lowest BCUT2D eigenvalue weighted by Gasteiger charge is -2.13. The van der Waals surface area contributed by atoms with Gasteiger partial charge in [-0.25, -0.2) is 26.4 Å². The van der Waals surface area contributed by atoms with E-state index in [-0.39, 0.29) is 53.9 Å². The van der Waals surface area contributed by atoms with E-state index < -0.39 is 52.8 Å². The van der Waals surface area contributed by atoms with E-state index in [4.69, 9.17) is 11.6 Å². The minimum absolute atomic E-state index is 0.0125. The third-order valence-electron chi connectivity index (χ3n) is 7.69. The number of aromatic hydroxyl groups is 1. The fourth-order valence-corrected chi connectivity index (χ4v) is 8.13. The first-order chi connectivity index (χ1) is 24.9. The Kier molecular flexibility index (Phi) is 9.67. The molecule has 2 amide bonds. The van der Waals surface area contributed by atoms with Gasteiger partial charge in [-0.15, -0.1) is 0 Å². The van der Waals surface area contributed by atoms with Gasteiger partial charge in [-0.05, 0) is 101 Å². The van der Waals surface area contributed by atoms with Gasteiger partial charge in [0.25, 0.3) is 30.2 Å². The summed E-state index contributed by atoms with van der Waals surface area (Å²) in [5.41, 5.74) is 0.0465. The maximum absolute atomic E-state index is 13.1. The summed E-state index contributed by atoms with van der Waals surface area (Å²) in [4.78, 5) is 23.3. The predicted octanol–water partition coefficient (Wildman–Crippen LogP) is 6.54. The number of phenols is 1. The number of carbonyl (C=O) groups is 2. The number of aromatic carboxylic acids is 1. The zero-order valence-electron chi connectivity index (χ0n) is 26.6. The molecule has 0 saturated carbocycles. The number of halogens is 1. The average molecular weight is 797 g/mol. The molecule has 6 rings (SSSR count). The lowest BCUT2D eigenvalue weighted by molar-refractivity contribution is 0.0697. The summed E-state index contributed by atoms with van der Waals surface area (Å²) in [6.45, 7) is 0. The molecule has 0 radical (unpaired) electrons. The standard InChI is InChI=1S/C34H25ClN4O11S3/c35-31-11-8-25(17-30(31)33(41)42)39-51(44,45)26-9-5-19-4-6-22(12-20(19)14-26)36-34(43)37-23-7-10-29-21(13-23)15-28(18-32(29)40)52(46,47)38-24-2-1-3-27(16-24)53(48,49)50/h1-18,38-40H,(H,41,42)(H2,36,37,43)(H,48,49,50). The Morgan fingerprint density at radius 2 is 1.15 bits per heavy atom. The van der Waals surface area contributed by atoms with Crippen LogP contribution in [0.2, 0.25) is 5.02 Å². The lowest BCUT2D eigenvalue weighted by atomic mass is 10.1. The van der Waals surface area contributed by atoms with Crippen LogP contribution in [0, 0.1) is 0 Å². The van der Waals surface area contributed by atoms with Crippen molar-refractivity contribution >= 4 is 98.1 Å². The van der Waals surface area contributed by atoms with E-state index in [1.165, 1.54) is 66.7 Å². The molecule has 0 aliphatic heterocycles. The van der Waals surface area contributed by atoms with E-state index in [2.05, 4.69) is 20.1 Å². The van der Waals surface area contributed by atoms with Crippen LogP contribution in [0.4, 0.5) is 27.5 Å². The topological polar surface area (TPSA) is 245 Å². The second-order valence-electron chi connectivity index (χ2n) is 11.4. The fraction of sp³-hybridized carbons (Fsp3) is 0. The highest BCUT2D eigenvalue weighted by molar-refractivity contribution is 7.93. The number of hydrogen-bond donors (Lipinski definition) is 7. The smallest absolute Gasteiger partial charge is 0.337 e. The van der Waals surface area contributed by atoms with Crippen LogP contribution in [0.3, 0.4) is 0 Å². The molecule has 6 aromatic carbocycles. The number of anilines is 4. The summed E-state index contributed by atoms with van der Waals surface area (Å²) in [6, 6.07) is 23.1. The van der Waals surface area contributed by atoms with Crippen molar-refractivity contribution in [2.45, 2.75) is 14.7 Å². The summed E-state index contributed by atoms with van der Waals surface area (Å²) in [7, 11) is -13.1. The number of benzene rings is 6. The molecule has 6 aromatic rings. The lowest BCUT2D eigenvalue weighted by Crippen LogP contribution is -2.19. The Hall–Kier alpha value is -5.92. The first-order valence-corrected chi connectivity index (χ1v) is 19.7. The minimum atomic E-state index is -4.60. The Morgan fingerprint density at radius 3 is 1.83 bits per heavy atom. The van der Waals surface area contributed by atoms with Gasteiger partial charge in [0.1, 0.15) is 5.75 Å². The number of amides is 2. The van der Waals surface area contributed by atoms with Crippen LogP contribution in [-0.4, -0.2) is 52.0 Å². The summed E-state index contributed by atoms with van der Waals surface area (Å²) in [6.07, 6.45) is 0. The molecule has 0 heterocycles. The predicted molar refractivity (Wildman–Crippen MR) is 198 cm³/mol. The number of rotatable bonds is 10. The Bertz CT molecular complexity index is 2830. The SMILES string of the molecule is O=C(Nc1ccc2ccc(S(=O)(=O)Nc3ccc(Cl)c(C(=O)O)c3)cc2c1)Nc1ccc2c(O)cc(S(=O)(=O)Nc3cccc(S(=O)(=O)O)c3)cc2c1. The largest absolute Gasteiger partial charge is 0.507 e. The second-order valence-corrected chi connectivity index (χ2v) is 16.6. The summed E-state index contributed by atoms with van der Waals surface area (Å²) >= 11 is 5.88. The number of fused-ring (bicyclic) bond motifs is 2. The Labute approximate surface area is 306 Å². The van der Waals surface area contributed by atoms with Gasteiger partial charge in [0.15, 0.2) is 0 Å². The van der Waals surface area contributed by atoms with Gasteiger partial charge in [-0.3, -0.25) is 14.0 Å². The number of carbonyl (C=O) groups excluding carboxylic acids is 1. The van der Waals surface area contributed by atoms with Crippen LogP contribution in [0.25, 0.3) is 21.5 Å². The van der Waals surface area contributed by atoms with Gasteiger partial charge in [-0.2, -0.15) is 8.42 Å². The molecule has 0 saturated heterocycles. The normalized spacial score (nSPS) is 12.0. The van der Waals surface area contributed by atoms with Crippen LogP contribution in [0.5, 0.6) is 5.75 Å². The third-order valence-corrected chi connectivity index (χ3v) is 11.6. The average Bonchev–Trinajstić information content (AvgIpc) is 3.08. The summed E-state index contributed by atoms with van der Waals surface area (Å²) in [5, 5.41) is 26.7. The number of hydrogen-bond acceptors (Lipinski definition) is 9. The molecule has 0 aromatic heterocycles. The molecule has 0 aliphatic rings. The quantitative estimate of drug-likeness (QED) is 0.0734. The molecule has 0 fully saturated rings. The number of phenolic OH excluding ortho intramolecular Hbond substituents is 1. The van der Waals surface area contributed by atoms with Crippen LogP contribution in [0.1, 0.15) is 10.4 Å². The molecule has 0 aliphatic carbocycles. The van der Waals surface area contributed by atoms with Gasteiger partial charge in [0, 0.05) is 28.5 Å². The van der Waals surface area contributed by atoms with Crippen molar-refractivity contribution in [2.75, 3.05) is 20.1 Å². The summed E-state index contributed by atoms with van der Waals surface area (Å²) < 4.78 is 89.3. The Morgan fingerprint density at radius 1 is 0.566 bits per heavy atom. The number of carboxylic acids is 1. The molecule has 272 valence electrons. The molecular weight excluding hydrogens is 772 g/mol. The molecular formula is C34H25ClN4O11S3. The number of carboxylic acid groups (broad SMARTS) is 1. The highest BCUT2D eigenvalue weighted by Gasteiger charge is 2.20. The van der Waals surface area contributed by atoms with Gasteiger partial charge in [0.2, 0.25) is 0 Å². The highest BCUT2D eigenvalue weighted by atomic mass is 35.5. The molecule has 0 spiro atoms. The van der Waals surface area contributed by atoms with Gasteiger partial charge >= 0.3 is 12.0 Å². The van der Waals surface area contributed by atoms with Crippen molar-refractivity contribution in [3.63, 3.8) is 0 Å². The van der Waals surface area contributed by atoms with E-state index in [9.17, 15) is 49.6 Å². The first kappa shape index (κ1) is 36.9. The van der Waals surface area contributed by atoms with Gasteiger partial charge in [-0.1, -0.05) is 29.8 Å². The van der Waals surface area contributed by atoms with Crippen LogP contribution in [-0.2, 0) is 30.2 Å². The van der Waals surface area contributed by atoms with Crippen LogP contribution in [0.15, 0.2) is 124 Å². The third kappa shape index (κ3) is 8.27. The fourth-order valence-electron chi connectivity index (χ4n) is 5.22. The Balaban J connectivity index is 1.19. The molecule has 19 heteroatoms. The van der Waals surface area contributed by atoms with Gasteiger partial charge in [0.05, 0.1) is 31.0 Å². The van der Waals surface area contributed by atoms with E-state index in [0.717, 1.165) is 24.3 Å². The van der Waals surface area contributed by atoms with Crippen molar-refractivity contribution in [1.82, 2.24) is 0 Å². The molecule has 0 unspecified atom stereocenters. The van der Waals surface area contributed by atoms with Crippen molar-refractivity contribution in [2.24, 2.45) is 0 Å². The number of nitrogens with one attached hydrogen (secondary N) is 4. The summed E-state index contributed by atoms with van der Waals surface area (Å²) in [5.74, 6) is -1.72. The second kappa shape index (κ2) is 13.9. The van der Waals surface area contributed by atoms with Crippen LogP contribution >= 0.6 is 11.6 Å². The molecule has 15 nitrogen and oxygen atoms in total. The zero-order chi connectivity index (χ0) is 38.3. The van der Waals surface area contributed by atoms with E-state index >= 15 is 0 Å². The van der Waals surface area contributed by atoms with E-state index in [0.29, 0.717) is 10.8 Å². The number of urea groups is 1. The molecule has 53 heavy (non-hydrogen) atoms. The maximum Gasteiger partial charge on any atom is 0.337 e. The van der Waals surface area contributed by atoms with Crippen molar-refractivity contribution < 1.29 is 49.6 Å². The minimum Gasteiger partial charge on any atom is -0.507 e. The van der Waals surface area contributed by atoms with E-state index in [1.54, 1.807) is 18.2 Å². The van der Waals surface area contributed by atoms with E-state index in [1.807, 2.05) is 0 Å². The van der Waals surface area contributed by atoms with Crippen molar-refractivity contribution in [3.8, 4) is 5.75 Å².